The third kappa shape index (κ3) is 5.46. The van der Waals surface area contributed by atoms with Crippen molar-refractivity contribution in [2.45, 2.75) is 26.3 Å². The van der Waals surface area contributed by atoms with Crippen molar-refractivity contribution in [3.8, 4) is 0 Å². The fraction of sp³-hybridized carbons (Fsp3) is 0.375. The van der Waals surface area contributed by atoms with Crippen molar-refractivity contribution >= 4 is 42.1 Å². The molecule has 0 saturated carbocycles. The summed E-state index contributed by atoms with van der Waals surface area (Å²) in [6.07, 6.45) is 0.760. The number of aromatic nitrogens is 1. The van der Waals surface area contributed by atoms with Crippen LogP contribution in [0.25, 0.3) is 0 Å². The maximum Gasteiger partial charge on any atom is 0.265 e. The number of nitrogens with zero attached hydrogens (tertiary/aromatic N) is 2. The number of amides is 1. The first kappa shape index (κ1) is 21.9. The van der Waals surface area contributed by atoms with Crippen molar-refractivity contribution in [1.29, 1.82) is 0 Å². The molecule has 4 nitrogen and oxygen atoms in total. The van der Waals surface area contributed by atoms with E-state index in [9.17, 15) is 4.79 Å². The number of carbonyl (C=O) groups is 1. The Morgan fingerprint density at radius 1 is 1.30 bits per heavy atom. The average Bonchev–Trinajstić information content (AvgIpc) is 2.86. The molecule has 1 aromatic heterocycles. The van der Waals surface area contributed by atoms with E-state index in [-0.39, 0.29) is 36.8 Å². The van der Waals surface area contributed by atoms with Crippen molar-refractivity contribution in [1.82, 2.24) is 9.88 Å². The van der Waals surface area contributed by atoms with Gasteiger partial charge in [0.15, 0.2) is 0 Å². The highest BCUT2D eigenvalue weighted by atomic mass is 35.5. The van der Waals surface area contributed by atoms with Crippen LogP contribution < -0.4 is 5.73 Å². The largest absolute Gasteiger partial charge is 0.337 e. The maximum atomic E-state index is 12.5. The van der Waals surface area contributed by atoms with E-state index in [1.807, 2.05) is 32.0 Å². The van der Waals surface area contributed by atoms with Crippen molar-refractivity contribution in [2.75, 3.05) is 13.6 Å². The number of aryl methyl sites for hydroxylation is 1. The van der Waals surface area contributed by atoms with Crippen molar-refractivity contribution in [2.24, 2.45) is 5.73 Å². The Hall–Kier alpha value is -1.14. The van der Waals surface area contributed by atoms with Crippen LogP contribution in [0.15, 0.2) is 30.3 Å². The van der Waals surface area contributed by atoms with Crippen molar-refractivity contribution in [3.05, 3.63) is 51.5 Å². The van der Waals surface area contributed by atoms with Gasteiger partial charge in [-0.15, -0.1) is 36.2 Å². The first-order valence-corrected chi connectivity index (χ1v) is 7.82. The molecule has 0 aliphatic carbocycles. The minimum Gasteiger partial charge on any atom is -0.337 e. The topological polar surface area (TPSA) is 59.2 Å². The summed E-state index contributed by atoms with van der Waals surface area (Å²) >= 11 is 1.48. The van der Waals surface area contributed by atoms with Gasteiger partial charge < -0.3 is 10.6 Å². The second-order valence-corrected chi connectivity index (χ2v) is 6.27. The molecule has 1 heterocycles. The number of halogens is 2. The van der Waals surface area contributed by atoms with E-state index in [1.54, 1.807) is 11.9 Å². The quantitative estimate of drug-likeness (QED) is 0.871. The van der Waals surface area contributed by atoms with E-state index in [1.165, 1.54) is 16.9 Å². The molecule has 0 fully saturated rings. The number of likely N-dealkylation sites (N-methyl/N-ethyl adjacent to an activating group) is 1. The van der Waals surface area contributed by atoms with E-state index < -0.39 is 0 Å². The van der Waals surface area contributed by atoms with Gasteiger partial charge in [0.25, 0.3) is 5.91 Å². The van der Waals surface area contributed by atoms with Crippen LogP contribution in [0.3, 0.4) is 0 Å². The molecule has 0 aliphatic rings. The molecular weight excluding hydrogens is 353 g/mol. The Labute approximate surface area is 153 Å². The zero-order chi connectivity index (χ0) is 15.4. The van der Waals surface area contributed by atoms with Crippen LogP contribution in [0.1, 0.15) is 32.9 Å². The van der Waals surface area contributed by atoms with Gasteiger partial charge in [-0.1, -0.05) is 30.3 Å². The molecule has 23 heavy (non-hydrogen) atoms. The summed E-state index contributed by atoms with van der Waals surface area (Å²) in [4.78, 5) is 19.4. The number of rotatable bonds is 5. The predicted molar refractivity (Wildman–Crippen MR) is 101 cm³/mol. The highest BCUT2D eigenvalue weighted by molar-refractivity contribution is 7.13. The lowest BCUT2D eigenvalue weighted by atomic mass is 10.2. The molecule has 1 amide bonds. The summed E-state index contributed by atoms with van der Waals surface area (Å²) in [6, 6.07) is 10.2. The Morgan fingerprint density at radius 2 is 1.91 bits per heavy atom. The highest BCUT2D eigenvalue weighted by Gasteiger charge is 2.21. The van der Waals surface area contributed by atoms with Crippen LogP contribution >= 0.6 is 36.2 Å². The van der Waals surface area contributed by atoms with E-state index in [0.29, 0.717) is 11.4 Å². The molecular formula is C16H23Cl2N3OS. The minimum absolute atomic E-state index is 0. The van der Waals surface area contributed by atoms with Gasteiger partial charge in [-0.05, 0) is 19.4 Å². The third-order valence-electron chi connectivity index (χ3n) is 3.56. The number of thiazole rings is 1. The summed E-state index contributed by atoms with van der Waals surface area (Å²) < 4.78 is 0. The van der Waals surface area contributed by atoms with Gasteiger partial charge in [0.1, 0.15) is 4.88 Å². The summed E-state index contributed by atoms with van der Waals surface area (Å²) in [5.74, 6) is 0.00209. The molecule has 1 unspecified atom stereocenters. The van der Waals surface area contributed by atoms with Crippen molar-refractivity contribution in [3.63, 3.8) is 0 Å². The van der Waals surface area contributed by atoms with Crippen LogP contribution in [-0.2, 0) is 6.42 Å². The molecule has 2 N–H and O–H groups in total. The molecule has 7 heteroatoms. The van der Waals surface area contributed by atoms with Crippen molar-refractivity contribution < 1.29 is 4.79 Å². The molecule has 128 valence electrons. The monoisotopic (exact) mass is 375 g/mol. The summed E-state index contributed by atoms with van der Waals surface area (Å²) in [6.45, 7) is 4.29. The number of carbonyl (C=O) groups excluding carboxylic acids is 1. The highest BCUT2D eigenvalue weighted by Crippen LogP contribution is 2.22. The molecule has 0 spiro atoms. The zero-order valence-corrected chi connectivity index (χ0v) is 15.9. The normalized spacial score (nSPS) is 11.1. The lowest BCUT2D eigenvalue weighted by Crippen LogP contribution is -2.39. The number of benzene rings is 1. The molecule has 1 atom stereocenters. The number of hydrogen-bond acceptors (Lipinski definition) is 4. The van der Waals surface area contributed by atoms with E-state index in [0.717, 1.165) is 17.1 Å². The van der Waals surface area contributed by atoms with E-state index >= 15 is 0 Å². The molecule has 2 aromatic rings. The van der Waals surface area contributed by atoms with Crippen LogP contribution in [-0.4, -0.2) is 35.4 Å². The standard InChI is InChI=1S/C16H21N3OS.2ClH/c1-11(10-17)19(3)16(20)15-12(2)18-14(21-15)9-13-7-5-4-6-8-13;;/h4-8,11H,9-10,17H2,1-3H3;2*1H. The number of nitrogens with two attached hydrogens (primary N) is 1. The Kier molecular flexibility index (Phi) is 9.39. The van der Waals surface area contributed by atoms with E-state index in [4.69, 9.17) is 5.73 Å². The van der Waals surface area contributed by atoms with Crippen LogP contribution in [0.2, 0.25) is 0 Å². The third-order valence-corrected chi connectivity index (χ3v) is 4.70. The van der Waals surface area contributed by atoms with Crippen LogP contribution in [0.4, 0.5) is 0 Å². The smallest absolute Gasteiger partial charge is 0.265 e. The fourth-order valence-corrected chi connectivity index (χ4v) is 3.10. The second kappa shape index (κ2) is 9.88. The molecule has 0 saturated heterocycles. The first-order chi connectivity index (χ1) is 10.0. The minimum atomic E-state index is 0. The maximum absolute atomic E-state index is 12.5. The second-order valence-electron chi connectivity index (χ2n) is 5.19. The molecule has 0 bridgehead atoms. The Bertz CT molecular complexity index is 619. The van der Waals surface area contributed by atoms with Gasteiger partial charge in [-0.2, -0.15) is 0 Å². The molecule has 0 radical (unpaired) electrons. The summed E-state index contributed by atoms with van der Waals surface area (Å²) in [5.41, 5.74) is 7.63. The van der Waals surface area contributed by atoms with Crippen LogP contribution in [0.5, 0.6) is 0 Å². The zero-order valence-electron chi connectivity index (χ0n) is 13.5. The molecule has 2 rings (SSSR count). The van der Waals surface area contributed by atoms with Gasteiger partial charge in [0.05, 0.1) is 10.7 Å². The number of hydrogen-bond donors (Lipinski definition) is 1. The molecule has 1 aromatic carbocycles. The van der Waals surface area contributed by atoms with Gasteiger partial charge in [0, 0.05) is 26.1 Å². The summed E-state index contributed by atoms with van der Waals surface area (Å²) in [7, 11) is 1.79. The van der Waals surface area contributed by atoms with Gasteiger partial charge in [-0.3, -0.25) is 4.79 Å². The first-order valence-electron chi connectivity index (χ1n) is 7.00. The summed E-state index contributed by atoms with van der Waals surface area (Å²) in [5, 5.41) is 0.968. The Balaban J connectivity index is 0.00000242. The average molecular weight is 376 g/mol. The lowest BCUT2D eigenvalue weighted by Gasteiger charge is -2.23. The van der Waals surface area contributed by atoms with Crippen LogP contribution in [0, 0.1) is 6.92 Å². The lowest BCUT2D eigenvalue weighted by molar-refractivity contribution is 0.0752. The van der Waals surface area contributed by atoms with E-state index in [2.05, 4.69) is 17.1 Å². The van der Waals surface area contributed by atoms with Gasteiger partial charge >= 0.3 is 0 Å². The van der Waals surface area contributed by atoms with Gasteiger partial charge in [0.2, 0.25) is 0 Å². The Morgan fingerprint density at radius 3 is 2.48 bits per heavy atom. The predicted octanol–water partition coefficient (Wildman–Crippen LogP) is 3.31. The SMILES string of the molecule is Cc1nc(Cc2ccccc2)sc1C(=O)N(C)C(C)CN.Cl.Cl. The molecule has 0 aliphatic heterocycles. The van der Waals surface area contributed by atoms with Gasteiger partial charge in [-0.25, -0.2) is 4.98 Å². The fourth-order valence-electron chi connectivity index (χ4n) is 2.02.